The van der Waals surface area contributed by atoms with E-state index in [-0.39, 0.29) is 42.3 Å². The predicted octanol–water partition coefficient (Wildman–Crippen LogP) is 4.14. The van der Waals surface area contributed by atoms with E-state index >= 15 is 8.78 Å². The second kappa shape index (κ2) is 8.89. The molecular weight excluding hydrogens is 502 g/mol. The minimum Gasteiger partial charge on any atom is -0.390 e. The molecule has 1 aliphatic carbocycles. The van der Waals surface area contributed by atoms with Gasteiger partial charge in [-0.2, -0.15) is 9.05 Å². The van der Waals surface area contributed by atoms with Crippen LogP contribution in [0.15, 0.2) is 57.8 Å². The number of aliphatic hydroxyl groups is 1. The minimum absolute atomic E-state index is 0.0358. The van der Waals surface area contributed by atoms with Gasteiger partial charge in [-0.3, -0.25) is 4.79 Å². The molecule has 0 unspecified atom stereocenters. The third-order valence-corrected chi connectivity index (χ3v) is 10.2. The number of aromatic nitrogens is 1. The van der Waals surface area contributed by atoms with Crippen LogP contribution in [0.1, 0.15) is 67.2 Å². The molecule has 1 aliphatic heterocycles. The fraction of sp³-hybridized carbons (Fsp3) is 0.444. The van der Waals surface area contributed by atoms with Gasteiger partial charge >= 0.3 is 0 Å². The monoisotopic (exact) mass is 532 g/mol. The summed E-state index contributed by atoms with van der Waals surface area (Å²) in [6, 6.07) is 11.8. The zero-order valence-electron chi connectivity index (χ0n) is 20.9. The highest BCUT2D eigenvalue weighted by atomic mass is 32.2. The number of nitrogens with zero attached hydrogens (tertiary/aromatic N) is 2. The lowest BCUT2D eigenvalue weighted by Gasteiger charge is -2.50. The standard InChI is InChI=1S/C27H30F2N2O5S/c1-17-9-10-23(18-7-5-4-6-8-18)37(34,35)31(17)14-19-11-22(29)20(12-21(19)28)27(15-26(2,33)16-27)24-13-25(32)30(3)36-24/h4-8,11-13,17,23,33H,9-10,14-16H2,1-3H3/t17-,23+,26?,27?/m0/s1. The molecule has 1 aromatic heterocycles. The smallest absolute Gasteiger partial charge is 0.282 e. The number of aryl methyl sites for hydroxylation is 1. The first-order valence-electron chi connectivity index (χ1n) is 12.3. The first kappa shape index (κ1) is 25.8. The Morgan fingerprint density at radius 2 is 1.76 bits per heavy atom. The molecule has 1 saturated carbocycles. The Labute approximate surface area is 214 Å². The Morgan fingerprint density at radius 3 is 2.35 bits per heavy atom. The van der Waals surface area contributed by atoms with Crippen LogP contribution in [0.3, 0.4) is 0 Å². The van der Waals surface area contributed by atoms with Gasteiger partial charge in [-0.25, -0.2) is 17.2 Å². The van der Waals surface area contributed by atoms with Crippen molar-refractivity contribution in [2.45, 2.75) is 68.4 Å². The van der Waals surface area contributed by atoms with Crippen molar-refractivity contribution in [1.29, 1.82) is 0 Å². The van der Waals surface area contributed by atoms with Gasteiger partial charge in [-0.1, -0.05) is 30.3 Å². The van der Waals surface area contributed by atoms with E-state index in [1.54, 1.807) is 38.1 Å². The van der Waals surface area contributed by atoms with Crippen molar-refractivity contribution < 1.29 is 26.8 Å². The molecule has 10 heteroatoms. The van der Waals surface area contributed by atoms with E-state index < -0.39 is 43.5 Å². The summed E-state index contributed by atoms with van der Waals surface area (Å²) in [4.78, 5) is 12.0. The maximum Gasteiger partial charge on any atom is 0.282 e. The molecule has 7 nitrogen and oxygen atoms in total. The van der Waals surface area contributed by atoms with E-state index in [9.17, 15) is 18.3 Å². The molecule has 2 fully saturated rings. The van der Waals surface area contributed by atoms with Crippen molar-refractivity contribution in [2.75, 3.05) is 0 Å². The summed E-state index contributed by atoms with van der Waals surface area (Å²) >= 11 is 0. The van der Waals surface area contributed by atoms with Gasteiger partial charge in [0.1, 0.15) is 22.6 Å². The molecule has 198 valence electrons. The first-order chi connectivity index (χ1) is 17.3. The van der Waals surface area contributed by atoms with Crippen molar-refractivity contribution in [3.05, 3.63) is 93.0 Å². The van der Waals surface area contributed by atoms with Gasteiger partial charge in [-0.05, 0) is 57.2 Å². The van der Waals surface area contributed by atoms with Crippen molar-refractivity contribution in [1.82, 2.24) is 9.05 Å². The molecular formula is C27H30F2N2O5S. The van der Waals surface area contributed by atoms with E-state index in [0.29, 0.717) is 18.4 Å². The summed E-state index contributed by atoms with van der Waals surface area (Å²) in [5, 5.41) is 9.72. The maximum atomic E-state index is 15.6. The molecule has 0 radical (unpaired) electrons. The summed E-state index contributed by atoms with van der Waals surface area (Å²) in [6.45, 7) is 3.05. The second-order valence-corrected chi connectivity index (χ2v) is 12.8. The molecule has 0 spiro atoms. The van der Waals surface area contributed by atoms with Gasteiger partial charge in [0.05, 0.1) is 11.0 Å². The van der Waals surface area contributed by atoms with Crippen molar-refractivity contribution in [2.24, 2.45) is 7.05 Å². The second-order valence-electron chi connectivity index (χ2n) is 10.7. The lowest BCUT2D eigenvalue weighted by molar-refractivity contribution is -0.0711. The third kappa shape index (κ3) is 4.34. The Balaban J connectivity index is 1.50. The highest BCUT2D eigenvalue weighted by Gasteiger charge is 2.57. The summed E-state index contributed by atoms with van der Waals surface area (Å²) in [5.41, 5.74) is -2.23. The topological polar surface area (TPSA) is 92.8 Å². The Morgan fingerprint density at radius 1 is 1.08 bits per heavy atom. The zero-order valence-corrected chi connectivity index (χ0v) is 21.8. The summed E-state index contributed by atoms with van der Waals surface area (Å²) in [7, 11) is -2.41. The van der Waals surface area contributed by atoms with E-state index in [1.165, 1.54) is 17.4 Å². The minimum atomic E-state index is -3.83. The molecule has 5 rings (SSSR count). The third-order valence-electron chi connectivity index (χ3n) is 7.81. The van der Waals surface area contributed by atoms with E-state index in [1.807, 2.05) is 6.07 Å². The molecule has 2 aromatic carbocycles. The molecule has 2 heterocycles. The summed E-state index contributed by atoms with van der Waals surface area (Å²) in [5.74, 6) is -1.36. The van der Waals surface area contributed by atoms with E-state index in [2.05, 4.69) is 0 Å². The van der Waals surface area contributed by atoms with Gasteiger partial charge in [0.25, 0.3) is 5.56 Å². The largest absolute Gasteiger partial charge is 0.390 e. The molecule has 1 saturated heterocycles. The zero-order chi connectivity index (χ0) is 26.8. The quantitative estimate of drug-likeness (QED) is 0.533. The first-order valence-corrected chi connectivity index (χ1v) is 13.8. The summed E-state index contributed by atoms with van der Waals surface area (Å²) < 4.78 is 66.0. The van der Waals surface area contributed by atoms with Gasteiger partial charge in [0, 0.05) is 36.8 Å². The van der Waals surface area contributed by atoms with Crippen molar-refractivity contribution in [3.63, 3.8) is 0 Å². The number of hydrogen-bond donors (Lipinski definition) is 1. The van der Waals surface area contributed by atoms with Crippen LogP contribution in [0.5, 0.6) is 0 Å². The molecule has 37 heavy (non-hydrogen) atoms. The van der Waals surface area contributed by atoms with Crippen molar-refractivity contribution >= 4 is 10.0 Å². The fourth-order valence-electron chi connectivity index (χ4n) is 5.99. The number of benzene rings is 2. The Bertz CT molecular complexity index is 1490. The van der Waals surface area contributed by atoms with Crippen molar-refractivity contribution in [3.8, 4) is 0 Å². The van der Waals surface area contributed by atoms with E-state index in [4.69, 9.17) is 4.52 Å². The van der Waals surface area contributed by atoms with E-state index in [0.717, 1.165) is 16.9 Å². The number of rotatable bonds is 5. The molecule has 1 N–H and O–H groups in total. The molecule has 0 bridgehead atoms. The average molecular weight is 533 g/mol. The predicted molar refractivity (Wildman–Crippen MR) is 133 cm³/mol. The van der Waals surface area contributed by atoms with Gasteiger partial charge in [-0.15, -0.1) is 0 Å². The fourth-order valence-corrected chi connectivity index (χ4v) is 8.18. The van der Waals surface area contributed by atoms with Crippen LogP contribution >= 0.6 is 0 Å². The highest BCUT2D eigenvalue weighted by Crippen LogP contribution is 2.55. The van der Waals surface area contributed by atoms with Crippen LogP contribution in [-0.4, -0.2) is 34.2 Å². The van der Waals surface area contributed by atoms with Crippen LogP contribution in [-0.2, 0) is 29.0 Å². The van der Waals surface area contributed by atoms with Crippen LogP contribution in [0.2, 0.25) is 0 Å². The molecule has 3 aromatic rings. The van der Waals surface area contributed by atoms with Crippen LogP contribution in [0.4, 0.5) is 8.78 Å². The maximum absolute atomic E-state index is 15.6. The Kier molecular flexibility index (Phi) is 6.20. The molecule has 2 atom stereocenters. The average Bonchev–Trinajstić information content (AvgIpc) is 3.15. The summed E-state index contributed by atoms with van der Waals surface area (Å²) in [6.07, 6.45) is 1.12. The normalized spacial score (nSPS) is 29.7. The highest BCUT2D eigenvalue weighted by molar-refractivity contribution is 7.89. The lowest BCUT2D eigenvalue weighted by Crippen LogP contribution is -2.53. The van der Waals surface area contributed by atoms with Crippen LogP contribution < -0.4 is 5.56 Å². The Hall–Kier alpha value is -2.82. The lowest BCUT2D eigenvalue weighted by atomic mass is 9.55. The van der Waals surface area contributed by atoms with Gasteiger partial charge < -0.3 is 9.63 Å². The van der Waals surface area contributed by atoms with Gasteiger partial charge in [0.15, 0.2) is 0 Å². The number of halogens is 2. The van der Waals surface area contributed by atoms with Gasteiger partial charge in [0.2, 0.25) is 10.0 Å². The van der Waals surface area contributed by atoms with Crippen LogP contribution in [0, 0.1) is 11.6 Å². The molecule has 0 amide bonds. The number of sulfonamides is 1. The SMILES string of the molecule is C[C@H]1CC[C@H](c2ccccc2)S(=O)(=O)N1Cc1cc(F)c(C2(c3cc(=O)n(C)o3)CC(C)(O)C2)cc1F. The molecule has 2 aliphatic rings. The number of hydrogen-bond acceptors (Lipinski definition) is 5. The van der Waals surface area contributed by atoms with Crippen LogP contribution in [0.25, 0.3) is 0 Å².